The summed E-state index contributed by atoms with van der Waals surface area (Å²) in [4.78, 5) is 0. The lowest BCUT2D eigenvalue weighted by Gasteiger charge is -2.11. The number of nitrogens with one attached hydrogen (secondary N) is 1. The van der Waals surface area contributed by atoms with Crippen molar-refractivity contribution >= 4 is 0 Å². The Morgan fingerprint density at radius 1 is 1.25 bits per heavy atom. The summed E-state index contributed by atoms with van der Waals surface area (Å²) in [7, 11) is 0. The van der Waals surface area contributed by atoms with Crippen LogP contribution in [0.4, 0.5) is 8.78 Å². The summed E-state index contributed by atoms with van der Waals surface area (Å²) in [5.41, 5.74) is 0.864. The Bertz CT molecular complexity index is 326. The van der Waals surface area contributed by atoms with E-state index in [0.717, 1.165) is 31.4 Å². The van der Waals surface area contributed by atoms with Crippen molar-refractivity contribution in [2.75, 3.05) is 6.54 Å². The summed E-state index contributed by atoms with van der Waals surface area (Å²) in [5.74, 6) is -1.53. The van der Waals surface area contributed by atoms with E-state index in [1.54, 1.807) is 6.07 Å². The molecular weight excluding hydrogens is 208 g/mol. The zero-order valence-electron chi connectivity index (χ0n) is 9.89. The molecular formula is C13H19F2N. The van der Waals surface area contributed by atoms with Crippen molar-refractivity contribution in [2.45, 2.75) is 39.2 Å². The van der Waals surface area contributed by atoms with Gasteiger partial charge < -0.3 is 5.32 Å². The molecule has 3 heteroatoms. The highest BCUT2D eigenvalue weighted by atomic mass is 19.2. The highest BCUT2D eigenvalue weighted by Gasteiger charge is 2.03. The van der Waals surface area contributed by atoms with E-state index in [4.69, 9.17) is 0 Å². The maximum atomic E-state index is 12.9. The Kier molecular flexibility index (Phi) is 5.39. The Morgan fingerprint density at radius 2 is 2.00 bits per heavy atom. The maximum Gasteiger partial charge on any atom is 0.159 e. The van der Waals surface area contributed by atoms with Gasteiger partial charge >= 0.3 is 0 Å². The van der Waals surface area contributed by atoms with Crippen LogP contribution in [0.1, 0.15) is 32.3 Å². The molecule has 1 nitrogen and oxygen atoms in total. The molecule has 1 aromatic carbocycles. The molecule has 1 unspecified atom stereocenters. The van der Waals surface area contributed by atoms with Crippen LogP contribution in [0.25, 0.3) is 0 Å². The summed E-state index contributed by atoms with van der Waals surface area (Å²) >= 11 is 0. The largest absolute Gasteiger partial charge is 0.315 e. The van der Waals surface area contributed by atoms with Gasteiger partial charge in [0, 0.05) is 6.04 Å². The number of hydrogen-bond acceptors (Lipinski definition) is 1. The van der Waals surface area contributed by atoms with E-state index < -0.39 is 11.6 Å². The highest BCUT2D eigenvalue weighted by molar-refractivity contribution is 5.17. The molecule has 0 amide bonds. The molecule has 1 N–H and O–H groups in total. The van der Waals surface area contributed by atoms with Gasteiger partial charge in [-0.15, -0.1) is 0 Å². The average molecular weight is 227 g/mol. The van der Waals surface area contributed by atoms with Gasteiger partial charge in [-0.1, -0.05) is 13.0 Å². The van der Waals surface area contributed by atoms with Crippen molar-refractivity contribution < 1.29 is 8.78 Å². The number of rotatable bonds is 6. The van der Waals surface area contributed by atoms with Gasteiger partial charge in [-0.25, -0.2) is 8.78 Å². The molecule has 0 saturated heterocycles. The van der Waals surface area contributed by atoms with Crippen LogP contribution in [0.5, 0.6) is 0 Å². The zero-order valence-corrected chi connectivity index (χ0v) is 9.89. The molecule has 1 aromatic rings. The maximum absolute atomic E-state index is 12.9. The molecule has 0 saturated carbocycles. The molecule has 1 rings (SSSR count). The van der Waals surface area contributed by atoms with Crippen LogP contribution in [-0.4, -0.2) is 12.6 Å². The van der Waals surface area contributed by atoms with Crippen molar-refractivity contribution in [2.24, 2.45) is 0 Å². The van der Waals surface area contributed by atoms with E-state index in [0.29, 0.717) is 6.04 Å². The van der Waals surface area contributed by atoms with E-state index in [2.05, 4.69) is 19.2 Å². The molecule has 0 aliphatic rings. The second-order valence-corrected chi connectivity index (χ2v) is 4.10. The third-order valence-corrected chi connectivity index (χ3v) is 2.64. The summed E-state index contributed by atoms with van der Waals surface area (Å²) < 4.78 is 25.6. The fourth-order valence-corrected chi connectivity index (χ4v) is 1.76. The molecule has 90 valence electrons. The SMILES string of the molecule is CCNC(C)CCCc1ccc(F)c(F)c1. The van der Waals surface area contributed by atoms with Gasteiger partial charge in [0.05, 0.1) is 0 Å². The standard InChI is InChI=1S/C13H19F2N/c1-3-16-10(2)5-4-6-11-7-8-12(14)13(15)9-11/h7-10,16H,3-6H2,1-2H3. The molecule has 0 heterocycles. The lowest BCUT2D eigenvalue weighted by Crippen LogP contribution is -2.25. The normalized spacial score (nSPS) is 12.8. The zero-order chi connectivity index (χ0) is 12.0. The minimum absolute atomic E-state index is 0.482. The molecule has 0 aromatic heterocycles. The Morgan fingerprint density at radius 3 is 2.62 bits per heavy atom. The monoisotopic (exact) mass is 227 g/mol. The van der Waals surface area contributed by atoms with Crippen LogP contribution in [-0.2, 0) is 6.42 Å². The summed E-state index contributed by atoms with van der Waals surface area (Å²) in [5, 5.41) is 3.32. The number of aryl methyl sites for hydroxylation is 1. The second kappa shape index (κ2) is 6.59. The van der Waals surface area contributed by atoms with Crippen LogP contribution >= 0.6 is 0 Å². The number of halogens is 2. The minimum atomic E-state index is -0.773. The fourth-order valence-electron chi connectivity index (χ4n) is 1.76. The summed E-state index contributed by atoms with van der Waals surface area (Å²) in [6.07, 6.45) is 2.83. The summed E-state index contributed by atoms with van der Waals surface area (Å²) in [6, 6.07) is 4.61. The van der Waals surface area contributed by atoms with Gasteiger partial charge in [0.2, 0.25) is 0 Å². The first-order chi connectivity index (χ1) is 7.63. The molecule has 0 spiro atoms. The van der Waals surface area contributed by atoms with Crippen molar-refractivity contribution in [3.63, 3.8) is 0 Å². The van der Waals surface area contributed by atoms with Gasteiger partial charge in [0.1, 0.15) is 0 Å². The average Bonchev–Trinajstić information content (AvgIpc) is 2.24. The van der Waals surface area contributed by atoms with Crippen LogP contribution in [0.3, 0.4) is 0 Å². The summed E-state index contributed by atoms with van der Waals surface area (Å²) in [6.45, 7) is 5.17. The van der Waals surface area contributed by atoms with E-state index in [-0.39, 0.29) is 0 Å². The molecule has 0 bridgehead atoms. The first kappa shape index (κ1) is 13.1. The van der Waals surface area contributed by atoms with Crippen LogP contribution in [0, 0.1) is 11.6 Å². The van der Waals surface area contributed by atoms with Crippen LogP contribution < -0.4 is 5.32 Å². The smallest absolute Gasteiger partial charge is 0.159 e. The molecule has 1 atom stereocenters. The number of hydrogen-bond donors (Lipinski definition) is 1. The van der Waals surface area contributed by atoms with Crippen molar-refractivity contribution in [1.82, 2.24) is 5.32 Å². The molecule has 0 fully saturated rings. The van der Waals surface area contributed by atoms with Crippen LogP contribution in [0.15, 0.2) is 18.2 Å². The Labute approximate surface area is 95.9 Å². The Balaban J connectivity index is 2.34. The van der Waals surface area contributed by atoms with Gasteiger partial charge in [-0.05, 0) is 50.4 Å². The van der Waals surface area contributed by atoms with Gasteiger partial charge in [0.15, 0.2) is 11.6 Å². The van der Waals surface area contributed by atoms with Gasteiger partial charge in [0.25, 0.3) is 0 Å². The predicted molar refractivity (Wildman–Crippen MR) is 62.4 cm³/mol. The minimum Gasteiger partial charge on any atom is -0.315 e. The quantitative estimate of drug-likeness (QED) is 0.786. The van der Waals surface area contributed by atoms with E-state index >= 15 is 0 Å². The van der Waals surface area contributed by atoms with Crippen LogP contribution in [0.2, 0.25) is 0 Å². The Hall–Kier alpha value is -0.960. The van der Waals surface area contributed by atoms with Crippen molar-refractivity contribution in [1.29, 1.82) is 0 Å². The second-order valence-electron chi connectivity index (χ2n) is 4.10. The van der Waals surface area contributed by atoms with Crippen molar-refractivity contribution in [3.05, 3.63) is 35.4 Å². The molecule has 16 heavy (non-hydrogen) atoms. The van der Waals surface area contributed by atoms with E-state index in [1.165, 1.54) is 12.1 Å². The first-order valence-corrected chi connectivity index (χ1v) is 5.80. The lowest BCUT2D eigenvalue weighted by molar-refractivity contribution is 0.501. The van der Waals surface area contributed by atoms with Gasteiger partial charge in [-0.3, -0.25) is 0 Å². The van der Waals surface area contributed by atoms with E-state index in [1.807, 2.05) is 0 Å². The van der Waals surface area contributed by atoms with Gasteiger partial charge in [-0.2, -0.15) is 0 Å². The molecule has 0 aliphatic heterocycles. The van der Waals surface area contributed by atoms with Crippen molar-refractivity contribution in [3.8, 4) is 0 Å². The first-order valence-electron chi connectivity index (χ1n) is 5.80. The molecule has 0 radical (unpaired) electrons. The molecule has 0 aliphatic carbocycles. The third-order valence-electron chi connectivity index (χ3n) is 2.64. The lowest BCUT2D eigenvalue weighted by atomic mass is 10.1. The fraction of sp³-hybridized carbons (Fsp3) is 0.538. The number of benzene rings is 1. The van der Waals surface area contributed by atoms with E-state index in [9.17, 15) is 8.78 Å². The predicted octanol–water partition coefficient (Wildman–Crippen LogP) is 3.29. The highest BCUT2D eigenvalue weighted by Crippen LogP contribution is 2.11. The third kappa shape index (κ3) is 4.27. The topological polar surface area (TPSA) is 12.0 Å².